The van der Waals surface area contributed by atoms with E-state index in [1.165, 1.54) is 37.5 Å². The van der Waals surface area contributed by atoms with Crippen molar-refractivity contribution in [3.63, 3.8) is 0 Å². The average Bonchev–Trinajstić information content (AvgIpc) is 2.61. The minimum absolute atomic E-state index is 0.0724. The van der Waals surface area contributed by atoms with Gasteiger partial charge in [-0.3, -0.25) is 10.1 Å². The molecule has 0 atom stereocenters. The van der Waals surface area contributed by atoms with Crippen LogP contribution in [0, 0.1) is 10.1 Å². The molecule has 0 radical (unpaired) electrons. The predicted octanol–water partition coefficient (Wildman–Crippen LogP) is 3.62. The Balaban J connectivity index is 2.03. The van der Waals surface area contributed by atoms with Gasteiger partial charge in [0.05, 0.1) is 18.6 Å². The topological polar surface area (TPSA) is 87.9 Å². The van der Waals surface area contributed by atoms with E-state index in [9.17, 15) is 14.9 Å². The summed E-state index contributed by atoms with van der Waals surface area (Å²) in [5.74, 6) is 0.814. The van der Waals surface area contributed by atoms with Crippen LogP contribution < -0.4 is 14.2 Å². The highest BCUT2D eigenvalue weighted by Gasteiger charge is 2.07. The molecule has 25 heavy (non-hydrogen) atoms. The van der Waals surface area contributed by atoms with E-state index in [1.54, 1.807) is 24.3 Å². The van der Waals surface area contributed by atoms with Crippen molar-refractivity contribution in [2.45, 2.75) is 6.92 Å². The van der Waals surface area contributed by atoms with Crippen molar-refractivity contribution >= 4 is 17.7 Å². The summed E-state index contributed by atoms with van der Waals surface area (Å²) in [6.45, 7) is 2.40. The van der Waals surface area contributed by atoms with Crippen molar-refractivity contribution < 1.29 is 23.9 Å². The number of nitro groups is 1. The number of rotatable bonds is 7. The van der Waals surface area contributed by atoms with E-state index < -0.39 is 10.9 Å². The van der Waals surface area contributed by atoms with Gasteiger partial charge in [0.15, 0.2) is 11.5 Å². The van der Waals surface area contributed by atoms with Crippen molar-refractivity contribution in [2.75, 3.05) is 13.7 Å². The maximum Gasteiger partial charge on any atom is 0.336 e. The molecule has 7 heteroatoms. The van der Waals surface area contributed by atoms with Crippen LogP contribution in [0.1, 0.15) is 12.5 Å². The van der Waals surface area contributed by atoms with E-state index in [0.29, 0.717) is 18.1 Å². The van der Waals surface area contributed by atoms with Gasteiger partial charge in [-0.05, 0) is 42.8 Å². The van der Waals surface area contributed by atoms with E-state index in [4.69, 9.17) is 14.2 Å². The van der Waals surface area contributed by atoms with Gasteiger partial charge < -0.3 is 14.2 Å². The first-order chi connectivity index (χ1) is 12.0. The molecule has 2 rings (SSSR count). The minimum Gasteiger partial charge on any atom is -0.493 e. The number of carbonyl (C=O) groups is 1. The lowest BCUT2D eigenvalue weighted by molar-refractivity contribution is -0.384. The Morgan fingerprint density at radius 3 is 2.48 bits per heavy atom. The molecule has 0 N–H and O–H groups in total. The fourth-order valence-electron chi connectivity index (χ4n) is 2.01. The molecule has 0 saturated heterocycles. The summed E-state index contributed by atoms with van der Waals surface area (Å²) < 4.78 is 15.8. The van der Waals surface area contributed by atoms with Gasteiger partial charge in [0.25, 0.3) is 5.69 Å². The van der Waals surface area contributed by atoms with Crippen LogP contribution >= 0.6 is 0 Å². The Morgan fingerprint density at radius 1 is 1.16 bits per heavy atom. The maximum atomic E-state index is 11.8. The second-order valence-corrected chi connectivity index (χ2v) is 4.85. The number of nitrogens with zero attached hydrogens (tertiary/aromatic N) is 1. The Hall–Kier alpha value is -3.35. The molecular weight excluding hydrogens is 326 g/mol. The van der Waals surface area contributed by atoms with Crippen molar-refractivity contribution in [1.29, 1.82) is 0 Å². The zero-order chi connectivity index (χ0) is 18.2. The highest BCUT2D eigenvalue weighted by Crippen LogP contribution is 2.28. The smallest absolute Gasteiger partial charge is 0.336 e. The van der Waals surface area contributed by atoms with Gasteiger partial charge in [0.2, 0.25) is 0 Å². The third-order valence-electron chi connectivity index (χ3n) is 3.17. The van der Waals surface area contributed by atoms with E-state index in [2.05, 4.69) is 0 Å². The maximum absolute atomic E-state index is 11.8. The summed E-state index contributed by atoms with van der Waals surface area (Å²) in [4.78, 5) is 21.9. The quantitative estimate of drug-likeness (QED) is 0.251. The molecule has 0 saturated carbocycles. The summed E-state index contributed by atoms with van der Waals surface area (Å²) in [5.41, 5.74) is 0.665. The van der Waals surface area contributed by atoms with Crippen LogP contribution in [-0.4, -0.2) is 24.6 Å². The Kier molecular flexibility index (Phi) is 6.11. The second kappa shape index (κ2) is 8.49. The van der Waals surface area contributed by atoms with Gasteiger partial charge in [-0.15, -0.1) is 0 Å². The monoisotopic (exact) mass is 343 g/mol. The molecule has 0 unspecified atom stereocenters. The molecule has 0 amide bonds. The van der Waals surface area contributed by atoms with Crippen LogP contribution in [-0.2, 0) is 4.79 Å². The first-order valence-electron chi connectivity index (χ1n) is 7.48. The first kappa shape index (κ1) is 18.0. The predicted molar refractivity (Wildman–Crippen MR) is 91.9 cm³/mol. The van der Waals surface area contributed by atoms with Gasteiger partial charge in [0.1, 0.15) is 5.75 Å². The van der Waals surface area contributed by atoms with E-state index in [0.717, 1.165) is 5.56 Å². The summed E-state index contributed by atoms with van der Waals surface area (Å²) in [6, 6.07) is 10.5. The molecule has 0 spiro atoms. The normalized spacial score (nSPS) is 10.5. The molecule has 0 bridgehead atoms. The Morgan fingerprint density at radius 2 is 1.88 bits per heavy atom. The van der Waals surface area contributed by atoms with Crippen molar-refractivity contribution in [3.8, 4) is 17.2 Å². The number of ether oxygens (including phenoxy) is 3. The largest absolute Gasteiger partial charge is 0.493 e. The Labute approximate surface area is 144 Å². The molecule has 0 fully saturated rings. The zero-order valence-electron chi connectivity index (χ0n) is 13.8. The van der Waals surface area contributed by atoms with Crippen LogP contribution in [0.25, 0.3) is 6.08 Å². The zero-order valence-corrected chi connectivity index (χ0v) is 13.8. The van der Waals surface area contributed by atoms with Crippen LogP contribution in [0.2, 0.25) is 0 Å². The molecule has 0 aliphatic heterocycles. The molecule has 0 heterocycles. The van der Waals surface area contributed by atoms with E-state index >= 15 is 0 Å². The highest BCUT2D eigenvalue weighted by atomic mass is 16.6. The van der Waals surface area contributed by atoms with Crippen LogP contribution in [0.3, 0.4) is 0 Å². The molecule has 130 valence electrons. The van der Waals surface area contributed by atoms with Crippen molar-refractivity contribution in [1.82, 2.24) is 0 Å². The molecule has 0 aliphatic carbocycles. The highest BCUT2D eigenvalue weighted by molar-refractivity contribution is 5.88. The molecule has 7 nitrogen and oxygen atoms in total. The number of carbonyl (C=O) groups excluding carboxylic acids is 1. The lowest BCUT2D eigenvalue weighted by Gasteiger charge is -2.09. The number of hydrogen-bond donors (Lipinski definition) is 0. The second-order valence-electron chi connectivity index (χ2n) is 4.85. The van der Waals surface area contributed by atoms with Gasteiger partial charge in [-0.2, -0.15) is 0 Å². The molecule has 0 aromatic heterocycles. The number of benzene rings is 2. The van der Waals surface area contributed by atoms with Gasteiger partial charge >= 0.3 is 5.97 Å². The summed E-state index contributed by atoms with van der Waals surface area (Å²) in [6.07, 6.45) is 2.84. The lowest BCUT2D eigenvalue weighted by atomic mass is 10.2. The fraction of sp³-hybridized carbons (Fsp3) is 0.167. The summed E-state index contributed by atoms with van der Waals surface area (Å²) in [7, 11) is 1.54. The molecule has 2 aromatic rings. The number of methoxy groups -OCH3 is 1. The molecule has 0 aliphatic rings. The summed E-state index contributed by atoms with van der Waals surface area (Å²) >= 11 is 0. The molecular formula is C18H17NO6. The molecule has 2 aromatic carbocycles. The lowest BCUT2D eigenvalue weighted by Crippen LogP contribution is -2.03. The first-order valence-corrected chi connectivity index (χ1v) is 7.48. The van der Waals surface area contributed by atoms with Gasteiger partial charge in [-0.25, -0.2) is 4.79 Å². The average molecular weight is 343 g/mol. The van der Waals surface area contributed by atoms with Crippen LogP contribution in [0.15, 0.2) is 48.5 Å². The van der Waals surface area contributed by atoms with E-state index in [-0.39, 0.29) is 11.4 Å². The van der Waals surface area contributed by atoms with Crippen LogP contribution in [0.5, 0.6) is 17.2 Å². The van der Waals surface area contributed by atoms with Crippen molar-refractivity contribution in [3.05, 3.63) is 64.2 Å². The fourth-order valence-corrected chi connectivity index (χ4v) is 2.01. The van der Waals surface area contributed by atoms with Crippen molar-refractivity contribution in [2.24, 2.45) is 0 Å². The third-order valence-corrected chi connectivity index (χ3v) is 3.17. The third kappa shape index (κ3) is 5.07. The number of nitro benzene ring substituents is 1. The van der Waals surface area contributed by atoms with E-state index in [1.807, 2.05) is 6.92 Å². The minimum atomic E-state index is -0.596. The number of hydrogen-bond acceptors (Lipinski definition) is 6. The van der Waals surface area contributed by atoms with Gasteiger partial charge in [0, 0.05) is 18.2 Å². The number of esters is 1. The van der Waals surface area contributed by atoms with Gasteiger partial charge in [-0.1, -0.05) is 6.07 Å². The van der Waals surface area contributed by atoms with Crippen LogP contribution in [0.4, 0.5) is 5.69 Å². The summed E-state index contributed by atoms with van der Waals surface area (Å²) in [5, 5.41) is 10.6. The Bertz CT molecular complexity index is 783. The SMILES string of the molecule is CCOc1ccc(/C=C/C(=O)Oc2ccc([N+](=O)[O-])cc2)cc1OC. The number of non-ortho nitro benzene ring substituents is 1. The standard InChI is InChI=1S/C18H17NO6/c1-3-24-16-10-4-13(12-17(16)23-2)5-11-18(20)25-15-8-6-14(7-9-15)19(21)22/h4-12H,3H2,1-2H3/b11-5+.